The molecule has 0 spiro atoms. The van der Waals surface area contributed by atoms with Crippen LogP contribution in [0.1, 0.15) is 29.1 Å². The topological polar surface area (TPSA) is 55.1 Å². The molecule has 0 bridgehead atoms. The summed E-state index contributed by atoms with van der Waals surface area (Å²) in [6.45, 7) is 6.19. The number of aryl methyl sites for hydroxylation is 1. The van der Waals surface area contributed by atoms with E-state index < -0.39 is 0 Å². The second kappa shape index (κ2) is 6.00. The fraction of sp³-hybridized carbons (Fsp3) is 0.500. The van der Waals surface area contributed by atoms with Gasteiger partial charge in [0.15, 0.2) is 0 Å². The lowest BCUT2D eigenvalue weighted by atomic mass is 10.1. The summed E-state index contributed by atoms with van der Waals surface area (Å²) in [5.74, 6) is -0.0789. The van der Waals surface area contributed by atoms with E-state index in [-0.39, 0.29) is 23.9 Å². The monoisotopic (exact) mass is 326 g/mol. The fourth-order valence-electron chi connectivity index (χ4n) is 1.04. The molecule has 0 fully saturated rings. The SMILES string of the molecule is Cc1cc(C(=O)NCC(C)(C)N)c(Br)s1.Cl. The van der Waals surface area contributed by atoms with E-state index in [0.717, 1.165) is 8.66 Å². The maximum absolute atomic E-state index is 11.7. The Morgan fingerprint density at radius 3 is 2.56 bits per heavy atom. The molecule has 1 amide bonds. The van der Waals surface area contributed by atoms with Gasteiger partial charge in [0.05, 0.1) is 9.35 Å². The highest BCUT2D eigenvalue weighted by Crippen LogP contribution is 2.27. The van der Waals surface area contributed by atoms with Crippen molar-refractivity contribution in [3.05, 3.63) is 20.3 Å². The zero-order valence-corrected chi connectivity index (χ0v) is 12.7. The van der Waals surface area contributed by atoms with E-state index in [1.54, 1.807) is 11.3 Å². The number of thiophene rings is 1. The van der Waals surface area contributed by atoms with E-state index in [1.807, 2.05) is 26.8 Å². The van der Waals surface area contributed by atoms with Crippen molar-refractivity contribution >= 4 is 45.6 Å². The first-order valence-electron chi connectivity index (χ1n) is 4.62. The molecule has 0 atom stereocenters. The number of carbonyl (C=O) groups is 1. The van der Waals surface area contributed by atoms with E-state index in [1.165, 1.54) is 0 Å². The van der Waals surface area contributed by atoms with Crippen LogP contribution in [0.3, 0.4) is 0 Å². The Morgan fingerprint density at radius 1 is 1.62 bits per heavy atom. The minimum atomic E-state index is -0.382. The van der Waals surface area contributed by atoms with Crippen molar-refractivity contribution < 1.29 is 4.79 Å². The van der Waals surface area contributed by atoms with Crippen LogP contribution in [0.15, 0.2) is 9.85 Å². The van der Waals surface area contributed by atoms with Crippen LogP contribution in [-0.2, 0) is 0 Å². The third-order valence-electron chi connectivity index (χ3n) is 1.76. The van der Waals surface area contributed by atoms with Crippen molar-refractivity contribution in [3.8, 4) is 0 Å². The molecule has 0 unspecified atom stereocenters. The molecule has 3 nitrogen and oxygen atoms in total. The number of hydrogen-bond donors (Lipinski definition) is 2. The van der Waals surface area contributed by atoms with Crippen LogP contribution in [0, 0.1) is 6.92 Å². The lowest BCUT2D eigenvalue weighted by molar-refractivity contribution is 0.0946. The average Bonchev–Trinajstić information content (AvgIpc) is 2.40. The van der Waals surface area contributed by atoms with Crippen LogP contribution in [0.2, 0.25) is 0 Å². The van der Waals surface area contributed by atoms with Gasteiger partial charge in [-0.1, -0.05) is 0 Å². The van der Waals surface area contributed by atoms with Gasteiger partial charge in [-0.05, 0) is 42.8 Å². The number of nitrogens with two attached hydrogens (primary N) is 1. The number of amides is 1. The largest absolute Gasteiger partial charge is 0.350 e. The Morgan fingerprint density at radius 2 is 2.19 bits per heavy atom. The summed E-state index contributed by atoms with van der Waals surface area (Å²) in [6, 6.07) is 1.87. The Labute approximate surface area is 114 Å². The predicted molar refractivity (Wildman–Crippen MR) is 74.6 cm³/mol. The summed E-state index contributed by atoms with van der Waals surface area (Å²) < 4.78 is 0.868. The van der Waals surface area contributed by atoms with Gasteiger partial charge in [-0.3, -0.25) is 4.79 Å². The highest BCUT2D eigenvalue weighted by Gasteiger charge is 2.16. The van der Waals surface area contributed by atoms with Crippen LogP contribution in [0.4, 0.5) is 0 Å². The molecule has 0 aromatic carbocycles. The molecular formula is C10H16BrClN2OS. The number of nitrogens with one attached hydrogen (secondary N) is 1. The molecule has 6 heteroatoms. The van der Waals surface area contributed by atoms with Crippen LogP contribution in [-0.4, -0.2) is 18.0 Å². The minimum Gasteiger partial charge on any atom is -0.350 e. The van der Waals surface area contributed by atoms with Crippen LogP contribution >= 0.6 is 39.7 Å². The van der Waals surface area contributed by atoms with Gasteiger partial charge >= 0.3 is 0 Å². The first-order valence-corrected chi connectivity index (χ1v) is 6.23. The molecule has 0 aliphatic carbocycles. The highest BCUT2D eigenvalue weighted by atomic mass is 79.9. The average molecular weight is 328 g/mol. The van der Waals surface area contributed by atoms with Crippen molar-refractivity contribution in [1.82, 2.24) is 5.32 Å². The molecule has 1 heterocycles. The molecule has 16 heavy (non-hydrogen) atoms. The molecule has 92 valence electrons. The second-order valence-electron chi connectivity index (χ2n) is 4.22. The molecular weight excluding hydrogens is 312 g/mol. The van der Waals surface area contributed by atoms with E-state index in [2.05, 4.69) is 21.2 Å². The molecule has 1 aromatic rings. The van der Waals surface area contributed by atoms with Crippen molar-refractivity contribution in [1.29, 1.82) is 0 Å². The smallest absolute Gasteiger partial charge is 0.253 e. The number of hydrogen-bond acceptors (Lipinski definition) is 3. The molecule has 0 aliphatic rings. The van der Waals surface area contributed by atoms with E-state index in [4.69, 9.17) is 5.73 Å². The molecule has 0 saturated carbocycles. The number of halogens is 2. The van der Waals surface area contributed by atoms with Gasteiger partial charge in [0.25, 0.3) is 5.91 Å². The summed E-state index contributed by atoms with van der Waals surface area (Å²) in [6.07, 6.45) is 0. The lowest BCUT2D eigenvalue weighted by Gasteiger charge is -2.18. The third-order valence-corrected chi connectivity index (χ3v) is 3.51. The molecule has 3 N–H and O–H groups in total. The van der Waals surface area contributed by atoms with Gasteiger partial charge in [-0.15, -0.1) is 23.7 Å². The molecule has 0 radical (unpaired) electrons. The molecule has 0 saturated heterocycles. The van der Waals surface area contributed by atoms with E-state index in [0.29, 0.717) is 12.1 Å². The van der Waals surface area contributed by atoms with Gasteiger partial charge in [-0.2, -0.15) is 0 Å². The van der Waals surface area contributed by atoms with Crippen LogP contribution in [0.5, 0.6) is 0 Å². The van der Waals surface area contributed by atoms with Gasteiger partial charge < -0.3 is 11.1 Å². The highest BCUT2D eigenvalue weighted by molar-refractivity contribution is 9.11. The Kier molecular flexibility index (Phi) is 5.96. The van der Waals surface area contributed by atoms with Crippen LogP contribution < -0.4 is 11.1 Å². The van der Waals surface area contributed by atoms with Crippen molar-refractivity contribution in [2.45, 2.75) is 26.3 Å². The summed E-state index contributed by atoms with van der Waals surface area (Å²) in [5.41, 5.74) is 6.08. The maximum Gasteiger partial charge on any atom is 0.253 e. The third kappa shape index (κ3) is 4.82. The summed E-state index contributed by atoms with van der Waals surface area (Å²) in [4.78, 5) is 12.8. The lowest BCUT2D eigenvalue weighted by Crippen LogP contribution is -2.45. The quantitative estimate of drug-likeness (QED) is 0.897. The zero-order valence-electron chi connectivity index (χ0n) is 9.46. The molecule has 0 aliphatic heterocycles. The second-order valence-corrected chi connectivity index (χ2v) is 6.79. The van der Waals surface area contributed by atoms with Gasteiger partial charge in [-0.25, -0.2) is 0 Å². The predicted octanol–water partition coefficient (Wildman–Crippen LogP) is 2.71. The summed E-state index contributed by atoms with van der Waals surface area (Å²) in [7, 11) is 0. The standard InChI is InChI=1S/C10H15BrN2OS.ClH/c1-6-4-7(8(11)15-6)9(14)13-5-10(2,3)12;/h4H,5,12H2,1-3H3,(H,13,14);1H. The van der Waals surface area contributed by atoms with E-state index in [9.17, 15) is 4.79 Å². The first kappa shape index (κ1) is 15.9. The molecule has 1 rings (SSSR count). The Balaban J connectivity index is 0.00000225. The molecule has 1 aromatic heterocycles. The van der Waals surface area contributed by atoms with Gasteiger partial charge in [0.1, 0.15) is 0 Å². The minimum absolute atomic E-state index is 0. The van der Waals surface area contributed by atoms with Gasteiger partial charge in [0, 0.05) is 17.0 Å². The summed E-state index contributed by atoms with van der Waals surface area (Å²) >= 11 is 4.92. The number of carbonyl (C=O) groups excluding carboxylic acids is 1. The van der Waals surface area contributed by atoms with Crippen molar-refractivity contribution in [3.63, 3.8) is 0 Å². The maximum atomic E-state index is 11.7. The Hall–Kier alpha value is -0.1000. The zero-order chi connectivity index (χ0) is 11.6. The van der Waals surface area contributed by atoms with Crippen molar-refractivity contribution in [2.75, 3.05) is 6.54 Å². The Bertz CT molecular complexity index is 373. The van der Waals surface area contributed by atoms with E-state index >= 15 is 0 Å². The fourth-order valence-corrected chi connectivity index (χ4v) is 2.83. The van der Waals surface area contributed by atoms with Gasteiger partial charge in [0.2, 0.25) is 0 Å². The van der Waals surface area contributed by atoms with Crippen molar-refractivity contribution in [2.24, 2.45) is 5.73 Å². The first-order chi connectivity index (χ1) is 6.79. The normalized spacial score (nSPS) is 10.8. The number of rotatable bonds is 3. The van der Waals surface area contributed by atoms with Crippen LogP contribution in [0.25, 0.3) is 0 Å². The summed E-state index contributed by atoms with van der Waals surface area (Å²) in [5, 5.41) is 2.81.